The molecule has 0 spiro atoms. The minimum atomic E-state index is -1.17. The van der Waals surface area contributed by atoms with E-state index in [0.717, 1.165) is 5.57 Å². The van der Waals surface area contributed by atoms with E-state index >= 15 is 0 Å². The van der Waals surface area contributed by atoms with E-state index in [1.54, 1.807) is 17.9 Å². The average molecular weight is 241 g/mol. The second-order valence-corrected chi connectivity index (χ2v) is 4.43. The van der Waals surface area contributed by atoms with Crippen molar-refractivity contribution in [2.45, 2.75) is 47.1 Å². The van der Waals surface area contributed by atoms with Gasteiger partial charge in [0.05, 0.1) is 0 Å². The van der Waals surface area contributed by atoms with Crippen molar-refractivity contribution in [3.63, 3.8) is 0 Å². The van der Waals surface area contributed by atoms with Gasteiger partial charge in [-0.1, -0.05) is 5.57 Å². The zero-order valence-electron chi connectivity index (χ0n) is 11.7. The van der Waals surface area contributed by atoms with Gasteiger partial charge in [0.25, 0.3) is 0 Å². The monoisotopic (exact) mass is 241 g/mol. The van der Waals surface area contributed by atoms with Crippen molar-refractivity contribution in [2.24, 2.45) is 0 Å². The third-order valence-corrected chi connectivity index (χ3v) is 2.58. The Hall–Kier alpha value is -1.32. The highest BCUT2D eigenvalue weighted by Gasteiger charge is 2.33. The molecule has 0 rings (SSSR count). The highest BCUT2D eigenvalue weighted by Crippen LogP contribution is 2.18. The molecule has 98 valence electrons. The lowest BCUT2D eigenvalue weighted by atomic mass is 9.99. The lowest BCUT2D eigenvalue weighted by molar-refractivity contribution is -0.130. The van der Waals surface area contributed by atoms with Crippen LogP contribution in [-0.2, 0) is 9.53 Å². The lowest BCUT2D eigenvalue weighted by Gasteiger charge is -2.28. The summed E-state index contributed by atoms with van der Waals surface area (Å²) < 4.78 is 5.32. The van der Waals surface area contributed by atoms with Crippen LogP contribution in [0.3, 0.4) is 0 Å². The molecule has 0 N–H and O–H groups in total. The molecule has 0 fully saturated rings. The second kappa shape index (κ2) is 6.42. The maximum atomic E-state index is 11.8. The molecule has 4 nitrogen and oxygen atoms in total. The standard InChI is InChI=1S/C13H23NO3/c1-7-14(8-2)12(16)17-13(6,11(5)15)9-10(3)4/h9H,7-8H2,1-6H3. The molecule has 0 aromatic carbocycles. The summed E-state index contributed by atoms with van der Waals surface area (Å²) in [6.07, 6.45) is 1.22. The number of allylic oxidation sites excluding steroid dienone is 1. The number of hydrogen-bond donors (Lipinski definition) is 0. The van der Waals surface area contributed by atoms with Crippen molar-refractivity contribution in [2.75, 3.05) is 13.1 Å². The molecule has 0 aliphatic rings. The first-order chi connectivity index (χ1) is 7.76. The lowest BCUT2D eigenvalue weighted by Crippen LogP contribution is -2.42. The van der Waals surface area contributed by atoms with Gasteiger partial charge in [-0.15, -0.1) is 0 Å². The number of carbonyl (C=O) groups excluding carboxylic acids is 2. The summed E-state index contributed by atoms with van der Waals surface area (Å²) in [4.78, 5) is 25.0. The van der Waals surface area contributed by atoms with E-state index < -0.39 is 11.7 Å². The van der Waals surface area contributed by atoms with Gasteiger partial charge in [-0.25, -0.2) is 4.79 Å². The van der Waals surface area contributed by atoms with Gasteiger partial charge >= 0.3 is 6.09 Å². The molecule has 0 saturated heterocycles. The van der Waals surface area contributed by atoms with Crippen LogP contribution in [0.2, 0.25) is 0 Å². The summed E-state index contributed by atoms with van der Waals surface area (Å²) in [5.74, 6) is -0.181. The van der Waals surface area contributed by atoms with Gasteiger partial charge in [-0.2, -0.15) is 0 Å². The van der Waals surface area contributed by atoms with Crippen molar-refractivity contribution in [1.29, 1.82) is 0 Å². The average Bonchev–Trinajstić information content (AvgIpc) is 2.17. The van der Waals surface area contributed by atoms with E-state index in [0.29, 0.717) is 13.1 Å². The highest BCUT2D eigenvalue weighted by molar-refractivity contribution is 5.89. The highest BCUT2D eigenvalue weighted by atomic mass is 16.6. The number of amides is 1. The molecule has 1 unspecified atom stereocenters. The predicted octanol–water partition coefficient (Wildman–Crippen LogP) is 2.78. The topological polar surface area (TPSA) is 46.6 Å². The summed E-state index contributed by atoms with van der Waals surface area (Å²) in [6.45, 7) is 11.7. The molecule has 0 saturated carbocycles. The largest absolute Gasteiger partial charge is 0.431 e. The van der Waals surface area contributed by atoms with Gasteiger partial charge in [0.1, 0.15) is 0 Å². The SMILES string of the molecule is CCN(CC)C(=O)OC(C)(C=C(C)C)C(C)=O. The second-order valence-electron chi connectivity index (χ2n) is 4.43. The van der Waals surface area contributed by atoms with Gasteiger partial charge in [0.15, 0.2) is 11.4 Å². The van der Waals surface area contributed by atoms with E-state index in [9.17, 15) is 9.59 Å². The number of ether oxygens (including phenoxy) is 1. The molecule has 1 atom stereocenters. The van der Waals surface area contributed by atoms with Crippen LogP contribution in [0, 0.1) is 0 Å². The molecule has 0 aliphatic carbocycles. The maximum absolute atomic E-state index is 11.8. The minimum Gasteiger partial charge on any atom is -0.431 e. The fourth-order valence-electron chi connectivity index (χ4n) is 1.48. The summed E-state index contributed by atoms with van der Waals surface area (Å²) in [5, 5.41) is 0. The summed E-state index contributed by atoms with van der Waals surface area (Å²) in [5.41, 5.74) is -0.228. The van der Waals surface area contributed by atoms with Crippen LogP contribution in [0.4, 0.5) is 4.79 Å². The Morgan fingerprint density at radius 1 is 1.18 bits per heavy atom. The third kappa shape index (κ3) is 4.59. The van der Waals surface area contributed by atoms with Crippen molar-refractivity contribution >= 4 is 11.9 Å². The molecule has 0 bridgehead atoms. The van der Waals surface area contributed by atoms with Crippen LogP contribution < -0.4 is 0 Å². The molecule has 0 heterocycles. The molecule has 0 aliphatic heterocycles. The molecule has 0 aromatic rings. The van der Waals surface area contributed by atoms with Crippen molar-refractivity contribution in [3.05, 3.63) is 11.6 Å². The van der Waals surface area contributed by atoms with Crippen LogP contribution in [0.25, 0.3) is 0 Å². The minimum absolute atomic E-state index is 0.181. The quantitative estimate of drug-likeness (QED) is 0.695. The van der Waals surface area contributed by atoms with Crippen molar-refractivity contribution in [3.8, 4) is 0 Å². The van der Waals surface area contributed by atoms with Gasteiger partial charge < -0.3 is 9.64 Å². The molecule has 1 amide bonds. The normalized spacial score (nSPS) is 13.5. The summed E-state index contributed by atoms with van der Waals surface area (Å²) >= 11 is 0. The zero-order chi connectivity index (χ0) is 13.6. The Kier molecular flexibility index (Phi) is 5.93. The maximum Gasteiger partial charge on any atom is 0.411 e. The van der Waals surface area contributed by atoms with Crippen LogP contribution in [-0.4, -0.2) is 35.5 Å². The fraction of sp³-hybridized carbons (Fsp3) is 0.692. The Morgan fingerprint density at radius 2 is 1.65 bits per heavy atom. The van der Waals surface area contributed by atoms with Gasteiger partial charge in [0, 0.05) is 13.1 Å². The number of rotatable bonds is 5. The van der Waals surface area contributed by atoms with E-state index in [4.69, 9.17) is 4.74 Å². The smallest absolute Gasteiger partial charge is 0.411 e. The Bertz CT molecular complexity index is 315. The number of hydrogen-bond acceptors (Lipinski definition) is 3. The zero-order valence-corrected chi connectivity index (χ0v) is 11.7. The van der Waals surface area contributed by atoms with Gasteiger partial charge in [0.2, 0.25) is 0 Å². The number of carbonyl (C=O) groups is 2. The first-order valence-corrected chi connectivity index (χ1v) is 5.91. The molecule has 17 heavy (non-hydrogen) atoms. The Balaban J connectivity index is 4.96. The van der Waals surface area contributed by atoms with Crippen LogP contribution in [0.5, 0.6) is 0 Å². The number of nitrogens with zero attached hydrogens (tertiary/aromatic N) is 1. The molecule has 4 heteroatoms. The third-order valence-electron chi connectivity index (χ3n) is 2.58. The first-order valence-electron chi connectivity index (χ1n) is 5.91. The molecular weight excluding hydrogens is 218 g/mol. The van der Waals surface area contributed by atoms with E-state index in [-0.39, 0.29) is 5.78 Å². The summed E-state index contributed by atoms with van der Waals surface area (Å²) in [6, 6.07) is 0. The van der Waals surface area contributed by atoms with E-state index in [2.05, 4.69) is 0 Å². The van der Waals surface area contributed by atoms with Crippen LogP contribution >= 0.6 is 0 Å². The van der Waals surface area contributed by atoms with Gasteiger partial charge in [-0.05, 0) is 47.6 Å². The van der Waals surface area contributed by atoms with E-state index in [1.807, 2.05) is 27.7 Å². The van der Waals surface area contributed by atoms with Gasteiger partial charge in [-0.3, -0.25) is 4.79 Å². The van der Waals surface area contributed by atoms with Crippen molar-refractivity contribution in [1.82, 2.24) is 4.90 Å². The molecular formula is C13H23NO3. The first kappa shape index (κ1) is 15.7. The molecule has 0 radical (unpaired) electrons. The van der Waals surface area contributed by atoms with E-state index in [1.165, 1.54) is 6.92 Å². The number of ketones is 1. The summed E-state index contributed by atoms with van der Waals surface area (Å²) in [7, 11) is 0. The van der Waals surface area contributed by atoms with Crippen LogP contribution in [0.15, 0.2) is 11.6 Å². The molecule has 0 aromatic heterocycles. The van der Waals surface area contributed by atoms with Crippen molar-refractivity contribution < 1.29 is 14.3 Å². The Morgan fingerprint density at radius 3 is 1.94 bits per heavy atom. The predicted molar refractivity (Wildman–Crippen MR) is 67.9 cm³/mol. The fourth-order valence-corrected chi connectivity index (χ4v) is 1.48. The Labute approximate surface area is 104 Å². The number of Topliss-reactive ketones (excluding diaryl/α,β-unsaturated/α-hetero) is 1. The van der Waals surface area contributed by atoms with Crippen LogP contribution in [0.1, 0.15) is 41.5 Å².